The van der Waals surface area contributed by atoms with Gasteiger partial charge in [0, 0.05) is 19.0 Å². The number of aliphatic carboxylic acids is 1. The van der Waals surface area contributed by atoms with Gasteiger partial charge in [0.25, 0.3) is 0 Å². The first kappa shape index (κ1) is 35.5. The maximum Gasteiger partial charge on any atom is 0.451 e. The fourth-order valence-electron chi connectivity index (χ4n) is 4.66. The van der Waals surface area contributed by atoms with Gasteiger partial charge in [0.05, 0.1) is 0 Å². The van der Waals surface area contributed by atoms with Crippen LogP contribution < -0.4 is 21.7 Å². The van der Waals surface area contributed by atoms with Crippen molar-refractivity contribution < 1.29 is 43.8 Å². The van der Waals surface area contributed by atoms with Crippen molar-refractivity contribution in [3.8, 4) is 0 Å². The highest BCUT2D eigenvalue weighted by Crippen LogP contribution is 2.38. The van der Waals surface area contributed by atoms with E-state index in [1.807, 2.05) is 0 Å². The van der Waals surface area contributed by atoms with Crippen LogP contribution in [0, 0.1) is 11.8 Å². The van der Waals surface area contributed by atoms with Crippen LogP contribution >= 0.6 is 0 Å². The smallest absolute Gasteiger partial charge is 0.451 e. The Morgan fingerprint density at radius 3 is 2.12 bits per heavy atom. The number of rotatable bonds is 13. The first-order valence-corrected chi connectivity index (χ1v) is 13.9. The monoisotopic (exact) mass is 572 g/mol. The summed E-state index contributed by atoms with van der Waals surface area (Å²) >= 11 is 0. The van der Waals surface area contributed by atoms with Crippen molar-refractivity contribution in [2.45, 2.75) is 116 Å². The number of amides is 3. The van der Waals surface area contributed by atoms with Gasteiger partial charge in [-0.3, -0.25) is 9.59 Å². The van der Waals surface area contributed by atoms with Crippen LogP contribution in [0.3, 0.4) is 0 Å². The zero-order valence-electron chi connectivity index (χ0n) is 24.7. The van der Waals surface area contributed by atoms with E-state index in [1.165, 1.54) is 0 Å². The van der Waals surface area contributed by atoms with E-state index in [0.717, 1.165) is 0 Å². The number of nitrogens with two attached hydrogens (primary N) is 1. The number of hydrogen-bond acceptors (Lipinski definition) is 9. The van der Waals surface area contributed by atoms with Crippen LogP contribution in [-0.4, -0.2) is 82.2 Å². The summed E-state index contributed by atoms with van der Waals surface area (Å²) in [5.74, 6) is -2.30. The van der Waals surface area contributed by atoms with Gasteiger partial charge in [0.15, 0.2) is 0 Å². The topological polar surface area (TPSA) is 210 Å². The summed E-state index contributed by atoms with van der Waals surface area (Å²) in [7, 11) is -1.46. The molecule has 4 atom stereocenters. The Kier molecular flexibility index (Phi) is 13.7. The molecule has 0 bridgehead atoms. The minimum Gasteiger partial charge on any atom is -0.480 e. The fraction of sp³-hybridized carbons (Fsp3) is 0.846. The molecule has 13 nitrogen and oxygen atoms in total. The summed E-state index contributed by atoms with van der Waals surface area (Å²) in [6, 6.07) is -0.948. The second-order valence-electron chi connectivity index (χ2n) is 12.6. The molecule has 0 saturated heterocycles. The molecule has 0 aromatic carbocycles. The van der Waals surface area contributed by atoms with Gasteiger partial charge < -0.3 is 46.3 Å². The zero-order chi connectivity index (χ0) is 30.7. The van der Waals surface area contributed by atoms with Gasteiger partial charge in [-0.1, -0.05) is 6.42 Å². The molecule has 1 saturated carbocycles. The van der Waals surface area contributed by atoms with Crippen LogP contribution in [0.25, 0.3) is 0 Å². The SMILES string of the molecule is CC(C)(C)OC(=O)NCCCC[C@H](NC(=O)OC(C)(C)C)C(=O)NC[C@@H]1CC[C@@H](CCB(O)O)C[C@]1(N)C(=O)O. The van der Waals surface area contributed by atoms with Crippen molar-refractivity contribution in [1.29, 1.82) is 0 Å². The van der Waals surface area contributed by atoms with Crippen molar-refractivity contribution in [2.75, 3.05) is 13.1 Å². The number of hydrogen-bond donors (Lipinski definition) is 7. The molecule has 1 rings (SSSR count). The van der Waals surface area contributed by atoms with Crippen LogP contribution in [-0.2, 0) is 19.1 Å². The van der Waals surface area contributed by atoms with Crippen LogP contribution in [0.15, 0.2) is 0 Å². The molecular weight excluding hydrogens is 523 g/mol. The van der Waals surface area contributed by atoms with Crippen molar-refractivity contribution in [2.24, 2.45) is 17.6 Å². The quantitative estimate of drug-likeness (QED) is 0.126. The molecular formula is C26H49BN4O9. The van der Waals surface area contributed by atoms with Crippen LogP contribution in [0.4, 0.5) is 9.59 Å². The fourth-order valence-corrected chi connectivity index (χ4v) is 4.66. The molecule has 0 aliphatic heterocycles. The van der Waals surface area contributed by atoms with Crippen LogP contribution in [0.5, 0.6) is 0 Å². The highest BCUT2D eigenvalue weighted by Gasteiger charge is 2.47. The number of ether oxygens (including phenoxy) is 2. The minimum atomic E-state index is -1.59. The lowest BCUT2D eigenvalue weighted by atomic mass is 9.66. The normalized spacial score (nSPS) is 22.0. The third-order valence-electron chi connectivity index (χ3n) is 6.63. The van der Waals surface area contributed by atoms with Crippen LogP contribution in [0.2, 0.25) is 6.32 Å². The summed E-state index contributed by atoms with van der Waals surface area (Å²) in [5, 5.41) is 36.2. The van der Waals surface area contributed by atoms with E-state index in [1.54, 1.807) is 41.5 Å². The molecule has 1 fully saturated rings. The Balaban J connectivity index is 2.77. The van der Waals surface area contributed by atoms with E-state index in [4.69, 9.17) is 25.3 Å². The van der Waals surface area contributed by atoms with Gasteiger partial charge in [-0.05, 0) is 92.3 Å². The average molecular weight is 573 g/mol. The predicted molar refractivity (Wildman–Crippen MR) is 149 cm³/mol. The number of carbonyl (C=O) groups is 4. The second-order valence-corrected chi connectivity index (χ2v) is 12.6. The predicted octanol–water partition coefficient (Wildman–Crippen LogP) is 1.75. The first-order chi connectivity index (χ1) is 18.3. The van der Waals surface area contributed by atoms with E-state index in [0.29, 0.717) is 38.6 Å². The van der Waals surface area contributed by atoms with Crippen molar-refractivity contribution in [1.82, 2.24) is 16.0 Å². The highest BCUT2D eigenvalue weighted by atomic mass is 16.6. The molecule has 0 aromatic heterocycles. The Labute approximate surface area is 237 Å². The number of nitrogens with one attached hydrogen (secondary N) is 3. The number of alkyl carbamates (subject to hydrolysis) is 2. The maximum absolute atomic E-state index is 13.1. The van der Waals surface area contributed by atoms with E-state index in [2.05, 4.69) is 16.0 Å². The molecule has 0 unspecified atom stereocenters. The van der Waals surface area contributed by atoms with Crippen molar-refractivity contribution in [3.63, 3.8) is 0 Å². The minimum absolute atomic E-state index is 0.00365. The third-order valence-corrected chi connectivity index (χ3v) is 6.63. The van der Waals surface area contributed by atoms with Gasteiger partial charge in [-0.25, -0.2) is 9.59 Å². The summed E-state index contributed by atoms with van der Waals surface area (Å²) in [4.78, 5) is 49.5. The Bertz CT molecular complexity index is 860. The average Bonchev–Trinajstić information content (AvgIpc) is 2.78. The standard InChI is InChI=1S/C26H49BN4O9/c1-24(2,3)39-22(35)29-14-8-7-9-19(31-23(36)40-25(4,5)6)20(32)30-16-18-11-10-17(12-13-27(37)38)15-26(18,28)21(33)34/h17-19,37-38H,7-16,28H2,1-6H3,(H,29,35)(H,30,32)(H,31,36)(H,33,34)/t17-,18-,19-,26+/m0/s1. The van der Waals surface area contributed by atoms with Gasteiger partial charge in [-0.15, -0.1) is 0 Å². The second kappa shape index (κ2) is 15.4. The van der Waals surface area contributed by atoms with E-state index in [9.17, 15) is 24.3 Å². The molecule has 1 aliphatic carbocycles. The van der Waals surface area contributed by atoms with Gasteiger partial charge >= 0.3 is 25.3 Å². The lowest BCUT2D eigenvalue weighted by molar-refractivity contribution is -0.148. The summed E-state index contributed by atoms with van der Waals surface area (Å²) in [6.45, 7) is 10.7. The Hall–Kier alpha value is -2.58. The first-order valence-electron chi connectivity index (χ1n) is 13.9. The summed E-state index contributed by atoms with van der Waals surface area (Å²) in [6.07, 6.45) is 1.77. The largest absolute Gasteiger partial charge is 0.480 e. The number of carboxylic acid groups (broad SMARTS) is 1. The molecule has 0 aromatic rings. The van der Waals surface area contributed by atoms with Gasteiger partial charge in [-0.2, -0.15) is 0 Å². The molecule has 3 amide bonds. The molecule has 0 radical (unpaired) electrons. The van der Waals surface area contributed by atoms with Gasteiger partial charge in [0.2, 0.25) is 5.91 Å². The molecule has 1 aliphatic rings. The van der Waals surface area contributed by atoms with Gasteiger partial charge in [0.1, 0.15) is 22.8 Å². The zero-order valence-corrected chi connectivity index (χ0v) is 24.7. The molecule has 0 heterocycles. The molecule has 230 valence electrons. The highest BCUT2D eigenvalue weighted by molar-refractivity contribution is 6.40. The van der Waals surface area contributed by atoms with E-state index < -0.39 is 59.9 Å². The van der Waals surface area contributed by atoms with Crippen molar-refractivity contribution >= 4 is 31.2 Å². The Morgan fingerprint density at radius 2 is 1.57 bits per heavy atom. The number of carboxylic acids is 1. The van der Waals surface area contributed by atoms with Crippen LogP contribution in [0.1, 0.15) is 86.5 Å². The number of carbonyl (C=O) groups excluding carboxylic acids is 3. The third kappa shape index (κ3) is 13.7. The lowest BCUT2D eigenvalue weighted by Gasteiger charge is -2.41. The van der Waals surface area contributed by atoms with E-state index in [-0.39, 0.29) is 31.6 Å². The molecule has 0 spiro atoms. The maximum atomic E-state index is 13.1. The molecule has 40 heavy (non-hydrogen) atoms. The molecule has 8 N–H and O–H groups in total. The lowest BCUT2D eigenvalue weighted by Crippen LogP contribution is -2.60. The van der Waals surface area contributed by atoms with E-state index >= 15 is 0 Å². The Morgan fingerprint density at radius 1 is 0.975 bits per heavy atom. The summed E-state index contributed by atoms with van der Waals surface area (Å²) in [5.41, 5.74) is 3.35. The number of unbranched alkanes of at least 4 members (excludes halogenated alkanes) is 1. The van der Waals surface area contributed by atoms with Crippen molar-refractivity contribution in [3.05, 3.63) is 0 Å². The molecule has 14 heteroatoms. The summed E-state index contributed by atoms with van der Waals surface area (Å²) < 4.78 is 10.5.